The van der Waals surface area contributed by atoms with Crippen molar-refractivity contribution in [2.75, 3.05) is 49.1 Å². The molecule has 3 N–H and O–H groups in total. The summed E-state index contributed by atoms with van der Waals surface area (Å²) in [7, 11) is 8.84. The number of ketones is 1. The lowest BCUT2D eigenvalue weighted by Gasteiger charge is -2.08. The summed E-state index contributed by atoms with van der Waals surface area (Å²) in [6, 6.07) is 0. The first kappa shape index (κ1) is 31.2. The first-order valence-electron chi connectivity index (χ1n) is 7.57. The fourth-order valence-corrected chi connectivity index (χ4v) is 1.59. The van der Waals surface area contributed by atoms with Gasteiger partial charge in [0.15, 0.2) is 11.5 Å². The summed E-state index contributed by atoms with van der Waals surface area (Å²) in [5.41, 5.74) is 0.290. The highest BCUT2D eigenvalue weighted by atomic mass is 35.5. The minimum absolute atomic E-state index is 0. The van der Waals surface area contributed by atoms with Gasteiger partial charge in [-0.3, -0.25) is 4.79 Å². The molecule has 29 heavy (non-hydrogen) atoms. The van der Waals surface area contributed by atoms with Crippen LogP contribution in [0.4, 0.5) is 0 Å². The van der Waals surface area contributed by atoms with Gasteiger partial charge in [0.1, 0.15) is 24.4 Å². The third-order valence-corrected chi connectivity index (χ3v) is 2.69. The summed E-state index contributed by atoms with van der Waals surface area (Å²) in [6.45, 7) is 0.0825. The number of methoxy groups -OCH3 is 4. The van der Waals surface area contributed by atoms with E-state index in [9.17, 15) is 14.4 Å². The van der Waals surface area contributed by atoms with E-state index in [1.807, 2.05) is 0 Å². The van der Waals surface area contributed by atoms with Crippen LogP contribution in [0.25, 0.3) is 0 Å². The van der Waals surface area contributed by atoms with Crippen molar-refractivity contribution in [2.24, 2.45) is 5.90 Å². The highest BCUT2D eigenvalue weighted by Crippen LogP contribution is 2.09. The molecule has 0 saturated heterocycles. The quantitative estimate of drug-likeness (QED) is 0.185. The van der Waals surface area contributed by atoms with Crippen molar-refractivity contribution in [1.82, 2.24) is 10.1 Å². The van der Waals surface area contributed by atoms with Gasteiger partial charge >= 0.3 is 11.9 Å². The van der Waals surface area contributed by atoms with Crippen molar-refractivity contribution >= 4 is 30.1 Å². The van der Waals surface area contributed by atoms with Gasteiger partial charge in [-0.15, -0.1) is 12.4 Å². The van der Waals surface area contributed by atoms with Crippen molar-refractivity contribution in [2.45, 2.75) is 6.61 Å². The van der Waals surface area contributed by atoms with Gasteiger partial charge in [-0.05, 0) is 0 Å². The molecule has 0 atom stereocenters. The average Bonchev–Trinajstić information content (AvgIpc) is 3.15. The van der Waals surface area contributed by atoms with Gasteiger partial charge in [0.2, 0.25) is 0 Å². The van der Waals surface area contributed by atoms with Crippen LogP contribution in [0, 0.1) is 0 Å². The second-order valence-electron chi connectivity index (χ2n) is 4.94. The van der Waals surface area contributed by atoms with Crippen LogP contribution in [0.15, 0.2) is 22.5 Å². The zero-order chi connectivity index (χ0) is 22.1. The Morgan fingerprint density at radius 3 is 2.14 bits per heavy atom. The molecule has 0 spiro atoms. The minimum atomic E-state index is -0.652. The van der Waals surface area contributed by atoms with Crippen LogP contribution >= 0.6 is 12.4 Å². The van der Waals surface area contributed by atoms with Crippen molar-refractivity contribution in [3.8, 4) is 0 Å². The summed E-state index contributed by atoms with van der Waals surface area (Å²) < 4.78 is 23.1. The van der Waals surface area contributed by atoms with Crippen LogP contribution in [0.2, 0.25) is 0 Å². The first-order valence-corrected chi connectivity index (χ1v) is 7.57. The molecular formula is C16H28ClN3O9. The Balaban J connectivity index is -0.000000418. The van der Waals surface area contributed by atoms with E-state index < -0.39 is 17.7 Å². The van der Waals surface area contributed by atoms with Crippen LogP contribution in [-0.2, 0) is 35.1 Å². The summed E-state index contributed by atoms with van der Waals surface area (Å²) >= 11 is 0. The second-order valence-corrected chi connectivity index (χ2v) is 4.94. The molecule has 168 valence electrons. The number of carbonyl (C=O) groups is 3. The molecule has 1 rings (SSSR count). The zero-order valence-corrected chi connectivity index (χ0v) is 18.0. The van der Waals surface area contributed by atoms with E-state index in [0.29, 0.717) is 11.3 Å². The Morgan fingerprint density at radius 1 is 1.14 bits per heavy atom. The SMILES string of the molecule is COCC(=O)/C(=C\N(C)C)C(=O)OC.COCc1oncc1C(=O)OC.Cl.NO. The maximum absolute atomic E-state index is 11.4. The largest absolute Gasteiger partial charge is 0.465 e. The van der Waals surface area contributed by atoms with E-state index in [1.54, 1.807) is 19.0 Å². The molecule has 0 aliphatic carbocycles. The molecular weight excluding hydrogens is 414 g/mol. The summed E-state index contributed by atoms with van der Waals surface area (Å²) in [4.78, 5) is 35.1. The lowest BCUT2D eigenvalue weighted by molar-refractivity contribution is -0.138. The van der Waals surface area contributed by atoms with Gasteiger partial charge in [0, 0.05) is 34.5 Å². The van der Waals surface area contributed by atoms with Crippen molar-refractivity contribution in [3.05, 3.63) is 29.3 Å². The topological polar surface area (TPSA) is 164 Å². The Kier molecular flexibility index (Phi) is 20.3. The molecule has 13 heteroatoms. The van der Waals surface area contributed by atoms with Gasteiger partial charge in [0.05, 0.1) is 20.4 Å². The molecule has 12 nitrogen and oxygen atoms in total. The molecule has 0 aromatic carbocycles. The number of hydrogen-bond donors (Lipinski definition) is 2. The molecule has 0 unspecified atom stereocenters. The average molecular weight is 442 g/mol. The van der Waals surface area contributed by atoms with Crippen LogP contribution < -0.4 is 5.90 Å². The molecule has 0 radical (unpaired) electrons. The molecule has 1 aromatic heterocycles. The van der Waals surface area contributed by atoms with Gasteiger partial charge in [-0.2, -0.15) is 0 Å². The number of aromatic nitrogens is 1. The predicted octanol–water partition coefficient (Wildman–Crippen LogP) is 0.184. The standard InChI is InChI=1S/C9H15NO4.C7H9NO4.ClH.H3NO/c1-10(2)5-7(9(12)14-4)8(11)6-13-3;1-10-4-6-5(3-8-12-6)7(9)11-2;;1-2/h5H,6H2,1-4H3;3H,4H2,1-2H3;1H;2H,1H2/b7-5+;;;. The smallest absolute Gasteiger partial charge is 0.343 e. The van der Waals surface area contributed by atoms with E-state index in [4.69, 9.17) is 14.5 Å². The Bertz CT molecular complexity index is 633. The zero-order valence-electron chi connectivity index (χ0n) is 17.2. The Hall–Kier alpha value is -2.51. The number of esters is 2. The van der Waals surface area contributed by atoms with Gasteiger partial charge in [0.25, 0.3) is 0 Å². The van der Waals surface area contributed by atoms with E-state index in [0.717, 1.165) is 0 Å². The van der Waals surface area contributed by atoms with E-state index in [2.05, 4.69) is 25.3 Å². The molecule has 1 aromatic rings. The fraction of sp³-hybridized carbons (Fsp3) is 0.500. The highest BCUT2D eigenvalue weighted by molar-refractivity contribution is 6.17. The van der Waals surface area contributed by atoms with Crippen LogP contribution in [0.5, 0.6) is 0 Å². The fourth-order valence-electron chi connectivity index (χ4n) is 1.59. The molecule has 0 amide bonds. The summed E-state index contributed by atoms with van der Waals surface area (Å²) in [6.07, 6.45) is 2.72. The van der Waals surface area contributed by atoms with Crippen LogP contribution in [0.3, 0.4) is 0 Å². The predicted molar refractivity (Wildman–Crippen MR) is 102 cm³/mol. The number of rotatable bonds is 8. The van der Waals surface area contributed by atoms with Gasteiger partial charge in [-0.25, -0.2) is 15.5 Å². The number of ether oxygens (including phenoxy) is 4. The molecule has 0 saturated carbocycles. The van der Waals surface area contributed by atoms with Gasteiger partial charge in [-0.1, -0.05) is 5.16 Å². The van der Waals surface area contributed by atoms with Crippen LogP contribution in [0.1, 0.15) is 16.1 Å². The molecule has 0 aliphatic rings. The van der Waals surface area contributed by atoms with E-state index in [-0.39, 0.29) is 31.2 Å². The van der Waals surface area contributed by atoms with Crippen molar-refractivity contribution in [1.29, 1.82) is 0 Å². The van der Waals surface area contributed by atoms with E-state index in [1.165, 1.54) is 40.8 Å². The first-order chi connectivity index (χ1) is 13.3. The van der Waals surface area contributed by atoms with Crippen molar-refractivity contribution in [3.63, 3.8) is 0 Å². The maximum Gasteiger partial charge on any atom is 0.343 e. The molecule has 0 aliphatic heterocycles. The molecule has 0 fully saturated rings. The Morgan fingerprint density at radius 2 is 1.72 bits per heavy atom. The Labute approximate surface area is 174 Å². The number of carbonyl (C=O) groups excluding carboxylic acids is 3. The minimum Gasteiger partial charge on any atom is -0.465 e. The number of halogens is 1. The summed E-state index contributed by atoms with van der Waals surface area (Å²) in [5, 5.41) is 9.95. The monoisotopic (exact) mass is 441 g/mol. The number of hydrogen-bond acceptors (Lipinski definition) is 12. The normalized spacial score (nSPS) is 9.59. The second kappa shape index (κ2) is 18.8. The molecule has 0 bridgehead atoms. The summed E-state index contributed by atoms with van der Waals surface area (Å²) in [5.74, 6) is 2.36. The number of Topliss-reactive ketones (excluding diaryl/α,β-unsaturated/α-hetero) is 1. The third kappa shape index (κ3) is 12.5. The lowest BCUT2D eigenvalue weighted by Crippen LogP contribution is -2.21. The molecule has 1 heterocycles. The van der Waals surface area contributed by atoms with E-state index >= 15 is 0 Å². The van der Waals surface area contributed by atoms with Gasteiger partial charge < -0.3 is 33.6 Å². The third-order valence-electron chi connectivity index (χ3n) is 2.69. The number of nitrogens with zero attached hydrogens (tertiary/aromatic N) is 2. The van der Waals surface area contributed by atoms with Crippen molar-refractivity contribution < 1.29 is 43.1 Å². The maximum atomic E-state index is 11.4. The number of nitrogens with two attached hydrogens (primary N) is 1. The highest BCUT2D eigenvalue weighted by Gasteiger charge is 2.18. The van der Waals surface area contributed by atoms with Crippen LogP contribution in [-0.4, -0.2) is 82.1 Å². The lowest BCUT2D eigenvalue weighted by atomic mass is 10.2.